The van der Waals surface area contributed by atoms with Gasteiger partial charge < -0.3 is 30.1 Å². The molecule has 3 aliphatic heterocycles. The predicted octanol–water partition coefficient (Wildman–Crippen LogP) is 1.84. The van der Waals surface area contributed by atoms with E-state index in [-0.39, 0.29) is 23.9 Å². The number of ether oxygens (including phenoxy) is 1. The van der Waals surface area contributed by atoms with Gasteiger partial charge in [0.2, 0.25) is 11.9 Å². The third kappa shape index (κ3) is 5.23. The number of aromatic nitrogens is 2. The van der Waals surface area contributed by atoms with E-state index in [9.17, 15) is 9.59 Å². The zero-order valence-electron chi connectivity index (χ0n) is 21.2. The first-order chi connectivity index (χ1) is 17.4. The molecule has 3 aliphatic rings. The van der Waals surface area contributed by atoms with Crippen LogP contribution < -0.4 is 10.6 Å². The molecule has 0 radical (unpaired) electrons. The Kier molecular flexibility index (Phi) is 6.95. The number of nitrogens with two attached hydrogens (primary N) is 1. The summed E-state index contributed by atoms with van der Waals surface area (Å²) in [6, 6.07) is 8.39. The second-order valence-electron chi connectivity index (χ2n) is 10.1. The van der Waals surface area contributed by atoms with Gasteiger partial charge in [-0.25, -0.2) is 9.78 Å². The van der Waals surface area contributed by atoms with Crippen LogP contribution in [0.15, 0.2) is 24.3 Å². The molecule has 2 fully saturated rings. The van der Waals surface area contributed by atoms with Crippen LogP contribution in [0.25, 0.3) is 11.3 Å². The number of rotatable bonds is 4. The molecule has 0 aliphatic carbocycles. The number of nitrogens with zero attached hydrogens (tertiary/aromatic N) is 6. The summed E-state index contributed by atoms with van der Waals surface area (Å²) < 4.78 is 4.81. The van der Waals surface area contributed by atoms with Gasteiger partial charge in [-0.05, 0) is 43.0 Å². The molecule has 0 bridgehead atoms. The van der Waals surface area contributed by atoms with Crippen molar-refractivity contribution in [1.29, 1.82) is 0 Å². The normalized spacial score (nSPS) is 20.4. The number of likely N-dealkylation sites (N-methyl/N-ethyl adjacent to an activating group) is 1. The lowest BCUT2D eigenvalue weighted by Gasteiger charge is -2.33. The quantitative estimate of drug-likeness (QED) is 0.688. The van der Waals surface area contributed by atoms with E-state index in [4.69, 9.17) is 10.5 Å². The van der Waals surface area contributed by atoms with E-state index in [1.165, 1.54) is 12.7 Å². The average Bonchev–Trinajstić information content (AvgIpc) is 3.36. The molecule has 2 aromatic rings. The number of piperazine rings is 1. The molecular formula is C26H35N7O3. The molecule has 0 saturated carbocycles. The summed E-state index contributed by atoms with van der Waals surface area (Å²) in [5, 5.41) is 0. The van der Waals surface area contributed by atoms with Gasteiger partial charge in [-0.2, -0.15) is 4.98 Å². The van der Waals surface area contributed by atoms with Crippen molar-refractivity contribution in [2.75, 3.05) is 70.6 Å². The number of carbonyl (C=O) groups is 2. The van der Waals surface area contributed by atoms with Gasteiger partial charge in [0.05, 0.1) is 12.8 Å². The van der Waals surface area contributed by atoms with Crippen LogP contribution in [0.2, 0.25) is 0 Å². The first-order valence-electron chi connectivity index (χ1n) is 12.7. The van der Waals surface area contributed by atoms with Crippen molar-refractivity contribution in [3.8, 4) is 11.3 Å². The Bertz CT molecular complexity index is 1130. The highest BCUT2D eigenvalue weighted by Gasteiger charge is 2.30. The number of fused-ring (bicyclic) bond motifs is 1. The van der Waals surface area contributed by atoms with Gasteiger partial charge in [0.25, 0.3) is 0 Å². The summed E-state index contributed by atoms with van der Waals surface area (Å²) in [6.45, 7) is 6.33. The number of methoxy groups -OCH3 is 1. The standard InChI is InChI=1S/C26H35N7O3/c1-30-9-11-31(12-10-30)23-15-22(28-25(27)29-23)20-4-3-19-6-8-32(17-21(19)14-20)24(34)13-18-5-7-33(16-18)26(35)36-2/h3-4,14-15,18H,5-13,16-17H2,1-2H3,(H2,27,28,29). The smallest absolute Gasteiger partial charge is 0.409 e. The van der Waals surface area contributed by atoms with Crippen molar-refractivity contribution in [3.63, 3.8) is 0 Å². The molecule has 1 aromatic carbocycles. The topological polar surface area (TPSA) is 108 Å². The van der Waals surface area contributed by atoms with Crippen molar-refractivity contribution < 1.29 is 14.3 Å². The van der Waals surface area contributed by atoms with Crippen LogP contribution >= 0.6 is 0 Å². The van der Waals surface area contributed by atoms with Gasteiger partial charge in [-0.3, -0.25) is 4.79 Å². The highest BCUT2D eigenvalue weighted by molar-refractivity contribution is 5.77. The Morgan fingerprint density at radius 3 is 2.61 bits per heavy atom. The maximum absolute atomic E-state index is 13.1. The summed E-state index contributed by atoms with van der Waals surface area (Å²) in [5.74, 6) is 1.46. The van der Waals surface area contributed by atoms with Crippen molar-refractivity contribution >= 4 is 23.8 Å². The molecule has 1 atom stereocenters. The van der Waals surface area contributed by atoms with Gasteiger partial charge >= 0.3 is 6.09 Å². The number of hydrogen-bond donors (Lipinski definition) is 1. The summed E-state index contributed by atoms with van der Waals surface area (Å²) in [7, 11) is 3.52. The number of amides is 2. The molecule has 5 rings (SSSR count). The van der Waals surface area contributed by atoms with E-state index in [0.29, 0.717) is 32.6 Å². The molecule has 2 amide bonds. The molecule has 0 spiro atoms. The Morgan fingerprint density at radius 1 is 1.03 bits per heavy atom. The van der Waals surface area contributed by atoms with Gasteiger partial charge in [-0.15, -0.1) is 0 Å². The second-order valence-corrected chi connectivity index (χ2v) is 10.1. The molecule has 192 valence electrons. The number of carbonyl (C=O) groups excluding carboxylic acids is 2. The molecular weight excluding hydrogens is 458 g/mol. The minimum atomic E-state index is -0.314. The van der Waals surface area contributed by atoms with Gasteiger partial charge in [0.1, 0.15) is 5.82 Å². The molecule has 36 heavy (non-hydrogen) atoms. The minimum absolute atomic E-state index is 0.145. The first kappa shape index (κ1) is 24.3. The monoisotopic (exact) mass is 493 g/mol. The number of anilines is 2. The summed E-state index contributed by atoms with van der Waals surface area (Å²) in [6.07, 6.45) is 1.81. The van der Waals surface area contributed by atoms with E-state index >= 15 is 0 Å². The third-order valence-corrected chi connectivity index (χ3v) is 7.61. The van der Waals surface area contributed by atoms with Crippen LogP contribution in [-0.2, 0) is 22.5 Å². The number of hydrogen-bond acceptors (Lipinski definition) is 8. The summed E-state index contributed by atoms with van der Waals surface area (Å²) >= 11 is 0. The van der Waals surface area contributed by atoms with E-state index in [0.717, 1.165) is 61.7 Å². The van der Waals surface area contributed by atoms with E-state index in [2.05, 4.69) is 45.0 Å². The fraction of sp³-hybridized carbons (Fsp3) is 0.538. The lowest BCUT2D eigenvalue weighted by molar-refractivity contribution is -0.133. The van der Waals surface area contributed by atoms with Gasteiger partial charge in [0.15, 0.2) is 0 Å². The largest absolute Gasteiger partial charge is 0.453 e. The number of nitrogen functional groups attached to an aromatic ring is 1. The zero-order chi connectivity index (χ0) is 25.2. The lowest BCUT2D eigenvalue weighted by atomic mass is 9.95. The molecule has 10 nitrogen and oxygen atoms in total. The fourth-order valence-electron chi connectivity index (χ4n) is 5.40. The van der Waals surface area contributed by atoms with Crippen LogP contribution in [0, 0.1) is 5.92 Å². The highest BCUT2D eigenvalue weighted by atomic mass is 16.5. The highest BCUT2D eigenvalue weighted by Crippen LogP contribution is 2.29. The maximum Gasteiger partial charge on any atom is 0.409 e. The van der Waals surface area contributed by atoms with E-state index in [1.54, 1.807) is 4.90 Å². The predicted molar refractivity (Wildman–Crippen MR) is 137 cm³/mol. The molecule has 2 saturated heterocycles. The maximum atomic E-state index is 13.1. The van der Waals surface area contributed by atoms with Crippen molar-refractivity contribution in [2.24, 2.45) is 5.92 Å². The van der Waals surface area contributed by atoms with Crippen molar-refractivity contribution in [2.45, 2.75) is 25.8 Å². The van der Waals surface area contributed by atoms with Crippen LogP contribution in [0.3, 0.4) is 0 Å². The fourth-order valence-corrected chi connectivity index (χ4v) is 5.40. The molecule has 4 heterocycles. The van der Waals surface area contributed by atoms with Gasteiger partial charge in [0, 0.05) is 70.4 Å². The molecule has 2 N–H and O–H groups in total. The number of benzene rings is 1. The van der Waals surface area contributed by atoms with E-state index in [1.807, 2.05) is 11.0 Å². The summed E-state index contributed by atoms with van der Waals surface area (Å²) in [4.78, 5) is 42.1. The van der Waals surface area contributed by atoms with Gasteiger partial charge in [-0.1, -0.05) is 12.1 Å². The van der Waals surface area contributed by atoms with Crippen LogP contribution in [0.5, 0.6) is 0 Å². The average molecular weight is 494 g/mol. The Balaban J connectivity index is 1.28. The molecule has 10 heteroatoms. The lowest BCUT2D eigenvalue weighted by Crippen LogP contribution is -2.44. The number of likely N-dealkylation sites (tertiary alicyclic amines) is 1. The Morgan fingerprint density at radius 2 is 1.83 bits per heavy atom. The molecule has 1 unspecified atom stereocenters. The Hall–Kier alpha value is -3.40. The van der Waals surface area contributed by atoms with Crippen LogP contribution in [0.1, 0.15) is 24.0 Å². The van der Waals surface area contributed by atoms with Crippen molar-refractivity contribution in [1.82, 2.24) is 24.7 Å². The summed E-state index contributed by atoms with van der Waals surface area (Å²) in [5.41, 5.74) is 10.3. The van der Waals surface area contributed by atoms with Crippen LogP contribution in [0.4, 0.5) is 16.6 Å². The third-order valence-electron chi connectivity index (χ3n) is 7.61. The Labute approximate surface area is 212 Å². The van der Waals surface area contributed by atoms with E-state index < -0.39 is 0 Å². The first-order valence-corrected chi connectivity index (χ1v) is 12.7. The van der Waals surface area contributed by atoms with Crippen LogP contribution in [-0.4, -0.2) is 96.6 Å². The zero-order valence-corrected chi connectivity index (χ0v) is 21.2. The minimum Gasteiger partial charge on any atom is -0.453 e. The van der Waals surface area contributed by atoms with Crippen molar-refractivity contribution in [3.05, 3.63) is 35.4 Å². The SMILES string of the molecule is COC(=O)N1CCC(CC(=O)N2CCc3ccc(-c4cc(N5CCN(C)CC5)nc(N)n4)cc3C2)C1. The molecule has 1 aromatic heterocycles. The second kappa shape index (κ2) is 10.3.